The smallest absolute Gasteiger partial charge is 0.228 e. The predicted molar refractivity (Wildman–Crippen MR) is 75.5 cm³/mol. The Labute approximate surface area is 115 Å². The highest BCUT2D eigenvalue weighted by Crippen LogP contribution is 2.25. The number of rotatable bonds is 2. The number of benzene rings is 2. The SMILES string of the molecule is Cc1cccc(C)c1C(=O)c1cc2cccc(F)c2o1. The lowest BCUT2D eigenvalue weighted by atomic mass is 9.98. The van der Waals surface area contributed by atoms with E-state index in [9.17, 15) is 9.18 Å². The fourth-order valence-corrected chi connectivity index (χ4v) is 2.44. The second-order valence-corrected chi connectivity index (χ2v) is 4.86. The van der Waals surface area contributed by atoms with Gasteiger partial charge in [0.15, 0.2) is 17.2 Å². The maximum absolute atomic E-state index is 13.6. The zero-order valence-corrected chi connectivity index (χ0v) is 11.2. The van der Waals surface area contributed by atoms with Gasteiger partial charge < -0.3 is 4.42 Å². The van der Waals surface area contributed by atoms with Crippen molar-refractivity contribution in [2.24, 2.45) is 0 Å². The number of carbonyl (C=O) groups is 1. The van der Waals surface area contributed by atoms with Crippen LogP contribution in [-0.2, 0) is 0 Å². The van der Waals surface area contributed by atoms with E-state index < -0.39 is 5.82 Å². The largest absolute Gasteiger partial charge is 0.449 e. The highest BCUT2D eigenvalue weighted by atomic mass is 19.1. The normalized spacial score (nSPS) is 10.9. The number of ketones is 1. The number of hydrogen-bond acceptors (Lipinski definition) is 2. The summed E-state index contributed by atoms with van der Waals surface area (Å²) >= 11 is 0. The van der Waals surface area contributed by atoms with Crippen LogP contribution < -0.4 is 0 Å². The zero-order valence-electron chi connectivity index (χ0n) is 11.2. The summed E-state index contributed by atoms with van der Waals surface area (Å²) in [5, 5.41) is 0.597. The summed E-state index contributed by atoms with van der Waals surface area (Å²) in [6, 6.07) is 11.9. The van der Waals surface area contributed by atoms with Crippen LogP contribution in [0.3, 0.4) is 0 Å². The van der Waals surface area contributed by atoms with E-state index in [1.807, 2.05) is 32.0 Å². The predicted octanol–water partition coefficient (Wildman–Crippen LogP) is 4.42. The Balaban J connectivity index is 2.16. The van der Waals surface area contributed by atoms with E-state index >= 15 is 0 Å². The molecule has 0 aliphatic heterocycles. The van der Waals surface area contributed by atoms with Gasteiger partial charge in [0.25, 0.3) is 0 Å². The maximum Gasteiger partial charge on any atom is 0.228 e. The molecule has 0 aliphatic rings. The Kier molecular flexibility index (Phi) is 2.90. The lowest BCUT2D eigenvalue weighted by molar-refractivity contribution is 0.101. The number of carbonyl (C=O) groups excluding carboxylic acids is 1. The van der Waals surface area contributed by atoms with Crippen molar-refractivity contribution in [3.05, 3.63) is 70.7 Å². The van der Waals surface area contributed by atoms with Gasteiger partial charge in [-0.15, -0.1) is 0 Å². The first-order valence-corrected chi connectivity index (χ1v) is 6.37. The number of hydrogen-bond donors (Lipinski definition) is 0. The molecule has 0 bridgehead atoms. The van der Waals surface area contributed by atoms with E-state index in [2.05, 4.69) is 0 Å². The van der Waals surface area contributed by atoms with Gasteiger partial charge in [-0.3, -0.25) is 4.79 Å². The van der Waals surface area contributed by atoms with Crippen molar-refractivity contribution in [1.82, 2.24) is 0 Å². The molecule has 0 unspecified atom stereocenters. The van der Waals surface area contributed by atoms with Crippen molar-refractivity contribution in [3.63, 3.8) is 0 Å². The third kappa shape index (κ3) is 1.92. The molecule has 3 heteroatoms. The van der Waals surface area contributed by atoms with Gasteiger partial charge in [-0.2, -0.15) is 0 Å². The molecule has 3 rings (SSSR count). The molecule has 0 aliphatic carbocycles. The summed E-state index contributed by atoms with van der Waals surface area (Å²) in [6.07, 6.45) is 0. The van der Waals surface area contributed by atoms with Crippen molar-refractivity contribution >= 4 is 16.8 Å². The van der Waals surface area contributed by atoms with Crippen LogP contribution in [0, 0.1) is 19.7 Å². The summed E-state index contributed by atoms with van der Waals surface area (Å²) in [5.74, 6) is -0.498. The van der Waals surface area contributed by atoms with Crippen LogP contribution in [-0.4, -0.2) is 5.78 Å². The first-order valence-electron chi connectivity index (χ1n) is 6.37. The van der Waals surface area contributed by atoms with Crippen LogP contribution >= 0.6 is 0 Å². The van der Waals surface area contributed by atoms with Crippen molar-refractivity contribution < 1.29 is 13.6 Å². The minimum atomic E-state index is -0.456. The maximum atomic E-state index is 13.6. The van der Waals surface area contributed by atoms with Crippen LogP contribution in [0.4, 0.5) is 4.39 Å². The summed E-state index contributed by atoms with van der Waals surface area (Å²) in [5.41, 5.74) is 2.51. The molecule has 2 aromatic carbocycles. The van der Waals surface area contributed by atoms with Crippen LogP contribution in [0.2, 0.25) is 0 Å². The van der Waals surface area contributed by atoms with Gasteiger partial charge >= 0.3 is 0 Å². The fraction of sp³-hybridized carbons (Fsp3) is 0.118. The Bertz CT molecular complexity index is 795. The molecule has 1 heterocycles. The first-order chi connectivity index (χ1) is 9.58. The second kappa shape index (κ2) is 4.60. The summed E-state index contributed by atoms with van der Waals surface area (Å²) in [4.78, 5) is 12.6. The zero-order chi connectivity index (χ0) is 14.3. The third-order valence-corrected chi connectivity index (χ3v) is 3.43. The molecule has 0 spiro atoms. The molecular weight excluding hydrogens is 255 g/mol. The quantitative estimate of drug-likeness (QED) is 0.644. The minimum Gasteiger partial charge on any atom is -0.449 e. The van der Waals surface area contributed by atoms with E-state index in [-0.39, 0.29) is 17.1 Å². The Hall–Kier alpha value is -2.42. The molecule has 0 amide bonds. The first kappa shape index (κ1) is 12.6. The molecular formula is C17H13FO2. The van der Waals surface area contributed by atoms with Crippen molar-refractivity contribution in [2.75, 3.05) is 0 Å². The molecule has 0 fully saturated rings. The van der Waals surface area contributed by atoms with Crippen molar-refractivity contribution in [1.29, 1.82) is 0 Å². The third-order valence-electron chi connectivity index (χ3n) is 3.43. The van der Waals surface area contributed by atoms with Crippen LogP contribution in [0.25, 0.3) is 11.0 Å². The van der Waals surface area contributed by atoms with Crippen molar-refractivity contribution in [2.45, 2.75) is 13.8 Å². The fourth-order valence-electron chi connectivity index (χ4n) is 2.44. The van der Waals surface area contributed by atoms with E-state index in [0.717, 1.165) is 11.1 Å². The highest BCUT2D eigenvalue weighted by molar-refractivity contribution is 6.10. The van der Waals surface area contributed by atoms with Gasteiger partial charge in [0, 0.05) is 10.9 Å². The highest BCUT2D eigenvalue weighted by Gasteiger charge is 2.19. The van der Waals surface area contributed by atoms with Crippen LogP contribution in [0.5, 0.6) is 0 Å². The summed E-state index contributed by atoms with van der Waals surface area (Å²) in [6.45, 7) is 3.76. The molecule has 0 N–H and O–H groups in total. The minimum absolute atomic E-state index is 0.127. The summed E-state index contributed by atoms with van der Waals surface area (Å²) in [7, 11) is 0. The standard InChI is InChI=1S/C17H13FO2/c1-10-5-3-6-11(2)15(10)16(19)14-9-12-7-4-8-13(18)17(12)20-14/h3-9H,1-2H3. The van der Waals surface area contributed by atoms with E-state index in [1.54, 1.807) is 18.2 Å². The van der Waals surface area contributed by atoms with Gasteiger partial charge in [0.05, 0.1) is 0 Å². The molecule has 0 atom stereocenters. The number of fused-ring (bicyclic) bond motifs is 1. The Morgan fingerprint density at radius 1 is 1.05 bits per heavy atom. The molecule has 3 aromatic rings. The summed E-state index contributed by atoms with van der Waals surface area (Å²) < 4.78 is 19.0. The lowest BCUT2D eigenvalue weighted by Gasteiger charge is -2.06. The average molecular weight is 268 g/mol. The second-order valence-electron chi connectivity index (χ2n) is 4.86. The molecule has 0 saturated heterocycles. The molecule has 0 radical (unpaired) electrons. The van der Waals surface area contributed by atoms with Gasteiger partial charge in [-0.25, -0.2) is 4.39 Å². The van der Waals surface area contributed by atoms with Gasteiger partial charge in [-0.05, 0) is 37.1 Å². The number of furan rings is 1. The van der Waals surface area contributed by atoms with Crippen LogP contribution in [0.15, 0.2) is 46.9 Å². The molecule has 1 aromatic heterocycles. The molecule has 20 heavy (non-hydrogen) atoms. The molecule has 2 nitrogen and oxygen atoms in total. The van der Waals surface area contributed by atoms with Crippen LogP contribution in [0.1, 0.15) is 27.2 Å². The molecule has 100 valence electrons. The number of aryl methyl sites for hydroxylation is 2. The van der Waals surface area contributed by atoms with Crippen molar-refractivity contribution in [3.8, 4) is 0 Å². The Morgan fingerprint density at radius 2 is 1.70 bits per heavy atom. The Morgan fingerprint density at radius 3 is 2.35 bits per heavy atom. The topological polar surface area (TPSA) is 30.2 Å². The average Bonchev–Trinajstić information content (AvgIpc) is 2.84. The van der Waals surface area contributed by atoms with E-state index in [1.165, 1.54) is 6.07 Å². The van der Waals surface area contributed by atoms with Gasteiger partial charge in [-0.1, -0.05) is 30.3 Å². The van der Waals surface area contributed by atoms with E-state index in [4.69, 9.17) is 4.42 Å². The molecule has 0 saturated carbocycles. The number of para-hydroxylation sites is 1. The number of halogens is 1. The van der Waals surface area contributed by atoms with Gasteiger partial charge in [0.2, 0.25) is 5.78 Å². The van der Waals surface area contributed by atoms with E-state index in [0.29, 0.717) is 10.9 Å². The lowest BCUT2D eigenvalue weighted by Crippen LogP contribution is -2.04. The van der Waals surface area contributed by atoms with Gasteiger partial charge in [0.1, 0.15) is 0 Å². The monoisotopic (exact) mass is 268 g/mol.